The summed E-state index contributed by atoms with van der Waals surface area (Å²) in [6.45, 7) is 4.32. The van der Waals surface area contributed by atoms with Gasteiger partial charge in [0.25, 0.3) is 5.78 Å². The molecule has 2 heterocycles. The first-order valence-electron chi connectivity index (χ1n) is 7.87. The minimum atomic E-state index is -0.0265. The number of thioether (sulfide) groups is 1. The lowest BCUT2D eigenvalue weighted by atomic mass is 10.2. The second-order valence-electron chi connectivity index (χ2n) is 5.61. The zero-order valence-electron chi connectivity index (χ0n) is 14.0. The molecule has 0 aliphatic rings. The van der Waals surface area contributed by atoms with Gasteiger partial charge in [-0.15, -0.1) is 5.10 Å². The molecule has 0 unspecified atom stereocenters. The maximum atomic E-state index is 12.0. The summed E-state index contributed by atoms with van der Waals surface area (Å²) >= 11 is 7.52. The highest BCUT2D eigenvalue weighted by atomic mass is 35.5. The molecular weight excluding hydrogens is 358 g/mol. The minimum absolute atomic E-state index is 0.0265. The van der Waals surface area contributed by atoms with E-state index < -0.39 is 0 Å². The molecule has 0 bridgehead atoms. The van der Waals surface area contributed by atoms with Gasteiger partial charge in [-0.2, -0.15) is 4.98 Å². The van der Waals surface area contributed by atoms with Gasteiger partial charge in [-0.05, 0) is 31.5 Å². The lowest BCUT2D eigenvalue weighted by molar-refractivity contribution is -0.120. The summed E-state index contributed by atoms with van der Waals surface area (Å²) in [6, 6.07) is 9.43. The summed E-state index contributed by atoms with van der Waals surface area (Å²) in [4.78, 5) is 20.7. The molecule has 130 valence electrons. The van der Waals surface area contributed by atoms with E-state index in [1.807, 2.05) is 44.2 Å². The zero-order valence-corrected chi connectivity index (χ0v) is 15.6. The summed E-state index contributed by atoms with van der Waals surface area (Å²) in [5, 5.41) is 8.57. The van der Waals surface area contributed by atoms with E-state index in [9.17, 15) is 4.79 Å². The fraction of sp³-hybridized carbons (Fsp3) is 0.294. The Balaban J connectivity index is 1.50. The van der Waals surface area contributed by atoms with Gasteiger partial charge in [0.15, 0.2) is 0 Å². The van der Waals surface area contributed by atoms with Gasteiger partial charge in [0.1, 0.15) is 0 Å². The number of hydrogen-bond acceptors (Lipinski definition) is 5. The molecule has 0 aliphatic carbocycles. The molecule has 25 heavy (non-hydrogen) atoms. The third-order valence-corrected chi connectivity index (χ3v) is 4.80. The first kappa shape index (κ1) is 17.7. The van der Waals surface area contributed by atoms with E-state index in [1.165, 1.54) is 11.8 Å². The van der Waals surface area contributed by atoms with Crippen LogP contribution in [0, 0.1) is 13.8 Å². The fourth-order valence-electron chi connectivity index (χ4n) is 2.37. The van der Waals surface area contributed by atoms with Crippen molar-refractivity contribution in [1.29, 1.82) is 0 Å². The van der Waals surface area contributed by atoms with Crippen molar-refractivity contribution in [2.24, 2.45) is 0 Å². The summed E-state index contributed by atoms with van der Waals surface area (Å²) < 4.78 is 1.72. The summed E-state index contributed by atoms with van der Waals surface area (Å²) in [7, 11) is 0. The highest BCUT2D eigenvalue weighted by Crippen LogP contribution is 2.17. The molecule has 0 saturated heterocycles. The number of rotatable bonds is 6. The second-order valence-corrected chi connectivity index (χ2v) is 7.08. The van der Waals surface area contributed by atoms with Crippen LogP contribution in [0.5, 0.6) is 0 Å². The minimum Gasteiger partial charge on any atom is -0.352 e. The Kier molecular flexibility index (Phi) is 5.55. The summed E-state index contributed by atoms with van der Waals surface area (Å²) in [6.07, 6.45) is 0.385. The van der Waals surface area contributed by atoms with Gasteiger partial charge >= 0.3 is 0 Å². The van der Waals surface area contributed by atoms with Crippen molar-refractivity contribution in [2.75, 3.05) is 5.75 Å². The monoisotopic (exact) mass is 375 g/mol. The van der Waals surface area contributed by atoms with Gasteiger partial charge in [-0.1, -0.05) is 41.6 Å². The second kappa shape index (κ2) is 7.84. The molecule has 0 fully saturated rings. The van der Waals surface area contributed by atoms with Gasteiger partial charge in [0.2, 0.25) is 11.1 Å². The van der Waals surface area contributed by atoms with Crippen LogP contribution >= 0.6 is 23.4 Å². The van der Waals surface area contributed by atoms with Crippen LogP contribution in [-0.4, -0.2) is 31.2 Å². The molecule has 6 nitrogen and oxygen atoms in total. The summed E-state index contributed by atoms with van der Waals surface area (Å²) in [5.41, 5.74) is 2.80. The standard InChI is InChI=1S/C17H18ClN5OS/c1-11-9-12(2)23-16(20-11)21-17(22-23)25-8-7-15(24)19-10-13-5-3-4-6-14(13)18/h3-6,9H,7-8,10H2,1-2H3,(H,19,24). The molecule has 0 saturated carbocycles. The number of fused-ring (bicyclic) bond motifs is 1. The zero-order chi connectivity index (χ0) is 17.8. The Bertz CT molecular complexity index is 911. The van der Waals surface area contributed by atoms with Crippen LogP contribution in [0.15, 0.2) is 35.5 Å². The highest BCUT2D eigenvalue weighted by molar-refractivity contribution is 7.99. The van der Waals surface area contributed by atoms with E-state index in [1.54, 1.807) is 4.52 Å². The van der Waals surface area contributed by atoms with Crippen LogP contribution in [0.1, 0.15) is 23.4 Å². The van der Waals surface area contributed by atoms with Crippen LogP contribution < -0.4 is 5.32 Å². The molecule has 2 aromatic heterocycles. The lowest BCUT2D eigenvalue weighted by Gasteiger charge is -2.06. The topological polar surface area (TPSA) is 72.2 Å². The van der Waals surface area contributed by atoms with Crippen LogP contribution in [0.2, 0.25) is 5.02 Å². The van der Waals surface area contributed by atoms with E-state index >= 15 is 0 Å². The first-order valence-corrected chi connectivity index (χ1v) is 9.23. The number of aromatic nitrogens is 4. The van der Waals surface area contributed by atoms with Gasteiger partial charge in [-0.25, -0.2) is 9.50 Å². The van der Waals surface area contributed by atoms with Gasteiger partial charge in [-0.3, -0.25) is 4.79 Å². The third kappa shape index (κ3) is 4.49. The number of nitrogens with one attached hydrogen (secondary N) is 1. The number of halogens is 1. The molecular formula is C17H18ClN5OS. The Hall–Kier alpha value is -2.12. The lowest BCUT2D eigenvalue weighted by Crippen LogP contribution is -2.23. The average Bonchev–Trinajstić information content (AvgIpc) is 2.97. The van der Waals surface area contributed by atoms with Crippen molar-refractivity contribution in [3.8, 4) is 0 Å². The Morgan fingerprint density at radius 3 is 2.88 bits per heavy atom. The molecule has 3 aromatic rings. The molecule has 1 N–H and O–H groups in total. The fourth-order valence-corrected chi connectivity index (χ4v) is 3.33. The van der Waals surface area contributed by atoms with Crippen LogP contribution in [0.3, 0.4) is 0 Å². The number of carbonyl (C=O) groups is 1. The maximum absolute atomic E-state index is 12.0. The summed E-state index contributed by atoms with van der Waals surface area (Å²) in [5.74, 6) is 1.16. The molecule has 1 aromatic carbocycles. The van der Waals surface area contributed by atoms with Gasteiger partial charge in [0, 0.05) is 35.1 Å². The number of carbonyl (C=O) groups excluding carboxylic acids is 1. The van der Waals surface area contributed by atoms with Crippen LogP contribution in [0.25, 0.3) is 5.78 Å². The average molecular weight is 376 g/mol. The Morgan fingerprint density at radius 1 is 1.28 bits per heavy atom. The number of amides is 1. The van der Waals surface area contributed by atoms with Crippen LogP contribution in [-0.2, 0) is 11.3 Å². The van der Waals surface area contributed by atoms with E-state index in [0.717, 1.165) is 17.0 Å². The molecule has 8 heteroatoms. The van der Waals surface area contributed by atoms with E-state index in [2.05, 4.69) is 20.4 Å². The predicted molar refractivity (Wildman–Crippen MR) is 98.9 cm³/mol. The predicted octanol–water partition coefficient (Wildman–Crippen LogP) is 3.19. The first-order chi connectivity index (χ1) is 12.0. The molecule has 0 spiro atoms. The van der Waals surface area contributed by atoms with Crippen molar-refractivity contribution in [3.63, 3.8) is 0 Å². The van der Waals surface area contributed by atoms with Gasteiger partial charge < -0.3 is 5.32 Å². The molecule has 0 atom stereocenters. The number of aryl methyl sites for hydroxylation is 2. The number of nitrogens with zero attached hydrogens (tertiary/aromatic N) is 4. The van der Waals surface area contributed by atoms with Crippen molar-refractivity contribution in [1.82, 2.24) is 24.9 Å². The van der Waals surface area contributed by atoms with Crippen molar-refractivity contribution >= 4 is 35.0 Å². The molecule has 0 radical (unpaired) electrons. The molecule has 0 aliphatic heterocycles. The molecule has 3 rings (SSSR count). The van der Waals surface area contributed by atoms with E-state index in [0.29, 0.717) is 34.7 Å². The number of benzene rings is 1. The van der Waals surface area contributed by atoms with Crippen molar-refractivity contribution < 1.29 is 4.79 Å². The normalized spacial score (nSPS) is 11.0. The molecule has 1 amide bonds. The maximum Gasteiger partial charge on any atom is 0.253 e. The quantitative estimate of drug-likeness (QED) is 0.670. The highest BCUT2D eigenvalue weighted by Gasteiger charge is 2.09. The van der Waals surface area contributed by atoms with E-state index in [4.69, 9.17) is 11.6 Å². The Morgan fingerprint density at radius 2 is 2.08 bits per heavy atom. The Labute approximate surface area is 155 Å². The SMILES string of the molecule is Cc1cc(C)n2nc(SCCC(=O)NCc3ccccc3Cl)nc2n1. The van der Waals surface area contributed by atoms with Crippen molar-refractivity contribution in [3.05, 3.63) is 52.3 Å². The smallest absolute Gasteiger partial charge is 0.253 e. The van der Waals surface area contributed by atoms with Crippen LogP contribution in [0.4, 0.5) is 0 Å². The number of hydrogen-bond donors (Lipinski definition) is 1. The van der Waals surface area contributed by atoms with Crippen molar-refractivity contribution in [2.45, 2.75) is 32.0 Å². The third-order valence-electron chi connectivity index (χ3n) is 3.59. The van der Waals surface area contributed by atoms with Gasteiger partial charge in [0.05, 0.1) is 0 Å². The largest absolute Gasteiger partial charge is 0.352 e. The van der Waals surface area contributed by atoms with E-state index in [-0.39, 0.29) is 5.91 Å².